The number of carboxylic acid groups (broad SMARTS) is 1. The quantitative estimate of drug-likeness (QED) is 0.723. The van der Waals surface area contributed by atoms with Gasteiger partial charge in [0.25, 0.3) is 0 Å². The lowest BCUT2D eigenvalue weighted by atomic mass is 9.96. The summed E-state index contributed by atoms with van der Waals surface area (Å²) >= 11 is 0. The number of rotatable bonds is 4. The molecule has 0 aliphatic carbocycles. The summed E-state index contributed by atoms with van der Waals surface area (Å²) in [5, 5.41) is 9.20. The van der Waals surface area contributed by atoms with Crippen LogP contribution in [0.4, 0.5) is 5.82 Å². The van der Waals surface area contributed by atoms with Crippen LogP contribution in [0.5, 0.6) is 0 Å². The van der Waals surface area contributed by atoms with E-state index in [0.29, 0.717) is 17.8 Å². The number of nitrogens with zero attached hydrogens (tertiary/aromatic N) is 2. The van der Waals surface area contributed by atoms with E-state index in [1.54, 1.807) is 18.3 Å². The van der Waals surface area contributed by atoms with Crippen LogP contribution in [0.1, 0.15) is 17.2 Å². The number of nitrogen functional groups attached to an aromatic ring is 1. The van der Waals surface area contributed by atoms with Gasteiger partial charge in [0.15, 0.2) is 0 Å². The highest BCUT2D eigenvalue weighted by atomic mass is 16.4. The second-order valence-electron chi connectivity index (χ2n) is 3.69. The number of aromatic nitrogens is 3. The van der Waals surface area contributed by atoms with Gasteiger partial charge in [0.05, 0.1) is 12.2 Å². The summed E-state index contributed by atoms with van der Waals surface area (Å²) in [6, 6.07) is 3.27. The molecule has 0 radical (unpaired) electrons. The van der Waals surface area contributed by atoms with E-state index in [2.05, 4.69) is 15.0 Å². The molecule has 88 valence electrons. The number of H-pyrrole nitrogens is 1. The molecule has 0 saturated carbocycles. The Bertz CT molecular complexity index is 493. The second kappa shape index (κ2) is 4.65. The summed E-state index contributed by atoms with van der Waals surface area (Å²) in [5.41, 5.74) is 6.86. The molecule has 2 heterocycles. The lowest BCUT2D eigenvalue weighted by Crippen LogP contribution is -2.15. The Balaban J connectivity index is 2.23. The van der Waals surface area contributed by atoms with E-state index in [4.69, 9.17) is 5.73 Å². The number of aromatic amines is 1. The van der Waals surface area contributed by atoms with Gasteiger partial charge in [-0.3, -0.25) is 4.79 Å². The molecule has 6 heteroatoms. The molecule has 0 spiro atoms. The lowest BCUT2D eigenvalue weighted by Gasteiger charge is -2.11. The van der Waals surface area contributed by atoms with Gasteiger partial charge in [0.2, 0.25) is 0 Å². The molecule has 0 aliphatic heterocycles. The van der Waals surface area contributed by atoms with Crippen molar-refractivity contribution in [1.29, 1.82) is 0 Å². The Morgan fingerprint density at radius 3 is 2.82 bits per heavy atom. The topological polar surface area (TPSA) is 105 Å². The predicted molar refractivity (Wildman–Crippen MR) is 61.3 cm³/mol. The molecule has 2 aromatic rings. The molecule has 17 heavy (non-hydrogen) atoms. The summed E-state index contributed by atoms with van der Waals surface area (Å²) in [4.78, 5) is 21.9. The number of nitrogens with one attached hydrogen (secondary N) is 1. The number of hydrogen-bond donors (Lipinski definition) is 3. The standard InChI is InChI=1S/C11H12N4O2/c12-10-2-1-7(4-14-10)9(11(16)17)3-8-5-13-6-15-8/h1-2,4-6,9H,3H2,(H2,12,14)(H,13,15)(H,16,17). The number of anilines is 1. The van der Waals surface area contributed by atoms with Gasteiger partial charge in [-0.05, 0) is 11.6 Å². The van der Waals surface area contributed by atoms with Crippen molar-refractivity contribution in [2.75, 3.05) is 5.73 Å². The fourth-order valence-corrected chi connectivity index (χ4v) is 1.59. The van der Waals surface area contributed by atoms with E-state index in [0.717, 1.165) is 5.69 Å². The minimum atomic E-state index is -0.897. The van der Waals surface area contributed by atoms with E-state index in [9.17, 15) is 9.90 Å². The SMILES string of the molecule is Nc1ccc(C(Cc2cnc[nH]2)C(=O)O)cn1. The van der Waals surface area contributed by atoms with Crippen LogP contribution >= 0.6 is 0 Å². The van der Waals surface area contributed by atoms with E-state index >= 15 is 0 Å². The summed E-state index contributed by atoms with van der Waals surface area (Å²) in [7, 11) is 0. The average Bonchev–Trinajstić information content (AvgIpc) is 2.80. The molecule has 0 bridgehead atoms. The zero-order chi connectivity index (χ0) is 12.3. The molecule has 0 fully saturated rings. The zero-order valence-corrected chi connectivity index (χ0v) is 9.00. The third kappa shape index (κ3) is 2.60. The van der Waals surface area contributed by atoms with Crippen molar-refractivity contribution in [3.63, 3.8) is 0 Å². The summed E-state index contributed by atoms with van der Waals surface area (Å²) in [6.45, 7) is 0. The van der Waals surface area contributed by atoms with E-state index in [-0.39, 0.29) is 0 Å². The van der Waals surface area contributed by atoms with Gasteiger partial charge in [-0.2, -0.15) is 0 Å². The van der Waals surface area contributed by atoms with Crippen molar-refractivity contribution >= 4 is 11.8 Å². The number of pyridine rings is 1. The maximum Gasteiger partial charge on any atom is 0.311 e. The highest BCUT2D eigenvalue weighted by Crippen LogP contribution is 2.20. The largest absolute Gasteiger partial charge is 0.481 e. The van der Waals surface area contributed by atoms with Gasteiger partial charge >= 0.3 is 5.97 Å². The van der Waals surface area contributed by atoms with Gasteiger partial charge in [0, 0.05) is 24.5 Å². The summed E-state index contributed by atoms with van der Waals surface area (Å²) in [5.74, 6) is -1.17. The zero-order valence-electron chi connectivity index (χ0n) is 9.00. The molecule has 2 aromatic heterocycles. The number of nitrogens with two attached hydrogens (primary N) is 1. The minimum Gasteiger partial charge on any atom is -0.481 e. The Morgan fingerprint density at radius 2 is 2.29 bits per heavy atom. The molecular formula is C11H12N4O2. The molecule has 6 nitrogen and oxygen atoms in total. The van der Waals surface area contributed by atoms with E-state index in [1.807, 2.05) is 0 Å². The molecule has 4 N–H and O–H groups in total. The number of hydrogen-bond acceptors (Lipinski definition) is 4. The summed E-state index contributed by atoms with van der Waals surface area (Å²) < 4.78 is 0. The molecule has 2 rings (SSSR count). The smallest absolute Gasteiger partial charge is 0.311 e. The van der Waals surface area contributed by atoms with Crippen LogP contribution in [-0.4, -0.2) is 26.0 Å². The van der Waals surface area contributed by atoms with Crippen molar-refractivity contribution in [3.05, 3.63) is 42.1 Å². The second-order valence-corrected chi connectivity index (χ2v) is 3.69. The lowest BCUT2D eigenvalue weighted by molar-refractivity contribution is -0.138. The molecule has 1 atom stereocenters. The first-order valence-corrected chi connectivity index (χ1v) is 5.08. The minimum absolute atomic E-state index is 0.348. The predicted octanol–water partition coefficient (Wildman–Crippen LogP) is 0.798. The third-order valence-electron chi connectivity index (χ3n) is 2.49. The van der Waals surface area contributed by atoms with Gasteiger partial charge in [-0.1, -0.05) is 6.07 Å². The van der Waals surface area contributed by atoms with Crippen molar-refractivity contribution in [1.82, 2.24) is 15.0 Å². The first-order chi connectivity index (χ1) is 8.16. The number of imidazole rings is 1. The van der Waals surface area contributed by atoms with Crippen LogP contribution in [0.15, 0.2) is 30.9 Å². The fraction of sp³-hybridized carbons (Fsp3) is 0.182. The maximum atomic E-state index is 11.2. The molecule has 0 aromatic carbocycles. The van der Waals surface area contributed by atoms with Crippen molar-refractivity contribution < 1.29 is 9.90 Å². The van der Waals surface area contributed by atoms with Gasteiger partial charge < -0.3 is 15.8 Å². The first-order valence-electron chi connectivity index (χ1n) is 5.08. The number of aliphatic carboxylic acids is 1. The highest BCUT2D eigenvalue weighted by Gasteiger charge is 2.21. The molecule has 0 aliphatic rings. The average molecular weight is 232 g/mol. The molecule has 0 saturated heterocycles. The van der Waals surface area contributed by atoms with Crippen molar-refractivity contribution in [3.8, 4) is 0 Å². The summed E-state index contributed by atoms with van der Waals surface area (Å²) in [6.07, 6.45) is 4.97. The van der Waals surface area contributed by atoms with E-state index < -0.39 is 11.9 Å². The van der Waals surface area contributed by atoms with Crippen LogP contribution in [0, 0.1) is 0 Å². The number of carbonyl (C=O) groups is 1. The molecule has 1 unspecified atom stereocenters. The van der Waals surface area contributed by atoms with Gasteiger partial charge in [-0.15, -0.1) is 0 Å². The molecule has 0 amide bonds. The third-order valence-corrected chi connectivity index (χ3v) is 2.49. The van der Waals surface area contributed by atoms with Crippen LogP contribution in [-0.2, 0) is 11.2 Å². The van der Waals surface area contributed by atoms with E-state index in [1.165, 1.54) is 12.5 Å². The Labute approximate surface area is 97.5 Å². The van der Waals surface area contributed by atoms with Crippen LogP contribution in [0.25, 0.3) is 0 Å². The Kier molecular flexibility index (Phi) is 3.04. The maximum absolute atomic E-state index is 11.2. The monoisotopic (exact) mass is 232 g/mol. The Morgan fingerprint density at radius 1 is 1.47 bits per heavy atom. The fourth-order valence-electron chi connectivity index (χ4n) is 1.59. The highest BCUT2D eigenvalue weighted by molar-refractivity contribution is 5.76. The van der Waals surface area contributed by atoms with Crippen LogP contribution < -0.4 is 5.73 Å². The first kappa shape index (κ1) is 11.1. The Hall–Kier alpha value is -2.37. The van der Waals surface area contributed by atoms with Gasteiger partial charge in [0.1, 0.15) is 5.82 Å². The van der Waals surface area contributed by atoms with Crippen LogP contribution in [0.3, 0.4) is 0 Å². The van der Waals surface area contributed by atoms with Crippen LogP contribution in [0.2, 0.25) is 0 Å². The number of carboxylic acids is 1. The van der Waals surface area contributed by atoms with Crippen molar-refractivity contribution in [2.45, 2.75) is 12.3 Å². The van der Waals surface area contributed by atoms with Gasteiger partial charge in [-0.25, -0.2) is 9.97 Å². The molecular weight excluding hydrogens is 220 g/mol. The normalized spacial score (nSPS) is 12.2. The van der Waals surface area contributed by atoms with Crippen molar-refractivity contribution in [2.24, 2.45) is 0 Å².